The Labute approximate surface area is 176 Å². The summed E-state index contributed by atoms with van der Waals surface area (Å²) in [5.74, 6) is 1.87. The Morgan fingerprint density at radius 2 is 1.97 bits per heavy atom. The van der Waals surface area contributed by atoms with Gasteiger partial charge in [-0.05, 0) is 65.7 Å². The Hall–Kier alpha value is -1.79. The van der Waals surface area contributed by atoms with Crippen molar-refractivity contribution < 1.29 is 4.74 Å². The minimum atomic E-state index is 0.282. The monoisotopic (exact) mass is 401 g/mol. The number of ether oxygens (including phenoxy) is 1. The van der Waals surface area contributed by atoms with Crippen molar-refractivity contribution in [2.75, 3.05) is 46.9 Å². The van der Waals surface area contributed by atoms with Crippen LogP contribution in [0.3, 0.4) is 0 Å². The van der Waals surface area contributed by atoms with Gasteiger partial charge in [0.15, 0.2) is 5.96 Å². The fraction of sp³-hybridized carbons (Fsp3) is 0.696. The van der Waals surface area contributed by atoms with Gasteiger partial charge in [-0.25, -0.2) is 0 Å². The molecule has 1 aromatic carbocycles. The Balaban J connectivity index is 1.67. The number of likely N-dealkylation sites (tertiary alicyclic amines) is 1. The van der Waals surface area contributed by atoms with Gasteiger partial charge in [0.1, 0.15) is 5.75 Å². The summed E-state index contributed by atoms with van der Waals surface area (Å²) in [6.07, 6.45) is 5.20. The summed E-state index contributed by atoms with van der Waals surface area (Å²) >= 11 is 0. The van der Waals surface area contributed by atoms with Crippen LogP contribution in [0.1, 0.15) is 51.1 Å². The van der Waals surface area contributed by atoms with E-state index in [1.807, 2.05) is 6.07 Å². The van der Waals surface area contributed by atoms with Crippen LogP contribution in [0.5, 0.6) is 5.75 Å². The van der Waals surface area contributed by atoms with Gasteiger partial charge in [0.2, 0.25) is 0 Å². The summed E-state index contributed by atoms with van der Waals surface area (Å²) in [6.45, 7) is 9.16. The van der Waals surface area contributed by atoms with E-state index in [2.05, 4.69) is 59.5 Å². The summed E-state index contributed by atoms with van der Waals surface area (Å²) in [6, 6.07) is 9.91. The summed E-state index contributed by atoms with van der Waals surface area (Å²) in [5, 5.41) is 7.03. The molecule has 0 bridgehead atoms. The van der Waals surface area contributed by atoms with E-state index >= 15 is 0 Å². The van der Waals surface area contributed by atoms with Crippen molar-refractivity contribution in [1.29, 1.82) is 0 Å². The molecular formula is C23H39N5O. The molecule has 1 heterocycles. The molecule has 1 aromatic rings. The molecule has 1 saturated heterocycles. The van der Waals surface area contributed by atoms with Crippen LogP contribution in [0.4, 0.5) is 0 Å². The molecule has 0 spiro atoms. The second-order valence-electron chi connectivity index (χ2n) is 8.35. The highest BCUT2D eigenvalue weighted by atomic mass is 16.5. The van der Waals surface area contributed by atoms with E-state index in [-0.39, 0.29) is 6.04 Å². The maximum atomic E-state index is 5.67. The Bertz CT molecular complexity index is 654. The van der Waals surface area contributed by atoms with E-state index in [9.17, 15) is 0 Å². The van der Waals surface area contributed by atoms with E-state index in [1.165, 1.54) is 31.2 Å². The van der Waals surface area contributed by atoms with Crippen molar-refractivity contribution in [2.24, 2.45) is 4.99 Å². The lowest BCUT2D eigenvalue weighted by molar-refractivity contribution is 0.239. The van der Waals surface area contributed by atoms with Gasteiger partial charge in [-0.2, -0.15) is 0 Å². The molecule has 6 nitrogen and oxygen atoms in total. The third-order valence-corrected chi connectivity index (χ3v) is 6.22. The first-order valence-electron chi connectivity index (χ1n) is 11.2. The minimum absolute atomic E-state index is 0.282. The minimum Gasteiger partial charge on any atom is -0.496 e. The van der Waals surface area contributed by atoms with Crippen molar-refractivity contribution in [1.82, 2.24) is 20.4 Å². The van der Waals surface area contributed by atoms with Gasteiger partial charge in [0.05, 0.1) is 19.7 Å². The predicted molar refractivity (Wildman–Crippen MR) is 121 cm³/mol. The highest BCUT2D eigenvalue weighted by Crippen LogP contribution is 2.31. The molecule has 0 aromatic heterocycles. The summed E-state index contributed by atoms with van der Waals surface area (Å²) in [4.78, 5) is 9.92. The van der Waals surface area contributed by atoms with Crippen LogP contribution < -0.4 is 15.4 Å². The summed E-state index contributed by atoms with van der Waals surface area (Å²) in [7, 11) is 3.99. The van der Waals surface area contributed by atoms with E-state index < -0.39 is 0 Å². The maximum absolute atomic E-state index is 5.67. The van der Waals surface area contributed by atoms with Gasteiger partial charge in [-0.15, -0.1) is 0 Å². The lowest BCUT2D eigenvalue weighted by Gasteiger charge is -2.30. The van der Waals surface area contributed by atoms with Gasteiger partial charge in [-0.1, -0.05) is 18.2 Å². The quantitative estimate of drug-likeness (QED) is 0.466. The third kappa shape index (κ3) is 6.09. The molecule has 0 amide bonds. The molecule has 29 heavy (non-hydrogen) atoms. The predicted octanol–water partition coefficient (Wildman–Crippen LogP) is 2.87. The fourth-order valence-electron chi connectivity index (χ4n) is 4.16. The third-order valence-electron chi connectivity index (χ3n) is 6.22. The molecule has 0 radical (unpaired) electrons. The number of methoxy groups -OCH3 is 1. The molecule has 2 aliphatic rings. The first kappa shape index (κ1) is 21.9. The van der Waals surface area contributed by atoms with Crippen LogP contribution in [0, 0.1) is 0 Å². The normalized spacial score (nSPS) is 20.0. The number of guanidine groups is 1. The van der Waals surface area contributed by atoms with Crippen LogP contribution in [0.2, 0.25) is 0 Å². The van der Waals surface area contributed by atoms with Gasteiger partial charge in [-0.3, -0.25) is 14.8 Å². The highest BCUT2D eigenvalue weighted by Gasteiger charge is 2.29. The number of aliphatic imine (C=N–C) groups is 1. The number of rotatable bonds is 10. The fourth-order valence-corrected chi connectivity index (χ4v) is 4.16. The lowest BCUT2D eigenvalue weighted by Crippen LogP contribution is -2.43. The van der Waals surface area contributed by atoms with Gasteiger partial charge in [0.25, 0.3) is 0 Å². The van der Waals surface area contributed by atoms with Crippen LogP contribution in [-0.2, 0) is 0 Å². The largest absolute Gasteiger partial charge is 0.496 e. The molecule has 1 aliphatic carbocycles. The molecule has 6 heteroatoms. The van der Waals surface area contributed by atoms with Crippen LogP contribution in [0.15, 0.2) is 29.3 Å². The highest BCUT2D eigenvalue weighted by molar-refractivity contribution is 5.79. The average Bonchev–Trinajstić information content (AvgIpc) is 3.46. The first-order valence-corrected chi connectivity index (χ1v) is 11.2. The van der Waals surface area contributed by atoms with Gasteiger partial charge in [0, 0.05) is 30.7 Å². The lowest BCUT2D eigenvalue weighted by atomic mass is 10.0. The standard InChI is InChI=1S/C23H39N5O/c1-5-24-23(25-16-18(2)27(3)19-12-13-19)26-17-21(28-14-8-9-15-28)20-10-6-7-11-22(20)29-4/h6-7,10-11,18-19,21H,5,8-9,12-17H2,1-4H3,(H2,24,25,26). The van der Waals surface area contributed by atoms with Crippen LogP contribution in [0.25, 0.3) is 0 Å². The summed E-state index contributed by atoms with van der Waals surface area (Å²) in [5.41, 5.74) is 1.25. The average molecular weight is 402 g/mol. The number of nitrogens with zero attached hydrogens (tertiary/aromatic N) is 3. The zero-order valence-electron chi connectivity index (χ0n) is 18.7. The van der Waals surface area contributed by atoms with Gasteiger partial charge >= 0.3 is 0 Å². The number of benzene rings is 1. The Morgan fingerprint density at radius 3 is 2.62 bits per heavy atom. The smallest absolute Gasteiger partial charge is 0.191 e. The molecule has 162 valence electrons. The van der Waals surface area contributed by atoms with Crippen LogP contribution in [-0.4, -0.2) is 74.7 Å². The maximum Gasteiger partial charge on any atom is 0.191 e. The SMILES string of the molecule is CCNC(=NCC(C)N(C)C1CC1)NCC(c1ccccc1OC)N1CCCC1. The molecule has 2 N–H and O–H groups in total. The number of nitrogens with one attached hydrogen (secondary N) is 2. The van der Waals surface area contributed by atoms with Crippen molar-refractivity contribution >= 4 is 5.96 Å². The van der Waals surface area contributed by atoms with Crippen molar-refractivity contribution in [3.05, 3.63) is 29.8 Å². The molecular weight excluding hydrogens is 362 g/mol. The van der Waals surface area contributed by atoms with E-state index in [0.717, 1.165) is 50.5 Å². The number of likely N-dealkylation sites (N-methyl/N-ethyl adjacent to an activating group) is 1. The topological polar surface area (TPSA) is 52.1 Å². The zero-order valence-corrected chi connectivity index (χ0v) is 18.7. The molecule has 2 fully saturated rings. The molecule has 1 aliphatic heterocycles. The Kier molecular flexibility index (Phi) is 8.19. The first-order chi connectivity index (χ1) is 14.1. The van der Waals surface area contributed by atoms with Crippen molar-refractivity contribution in [3.63, 3.8) is 0 Å². The number of para-hydroxylation sites is 1. The van der Waals surface area contributed by atoms with Crippen molar-refractivity contribution in [2.45, 2.75) is 57.7 Å². The van der Waals surface area contributed by atoms with E-state index in [0.29, 0.717) is 6.04 Å². The number of hydrogen-bond donors (Lipinski definition) is 2. The summed E-state index contributed by atoms with van der Waals surface area (Å²) < 4.78 is 5.67. The Morgan fingerprint density at radius 1 is 1.24 bits per heavy atom. The molecule has 2 unspecified atom stereocenters. The van der Waals surface area contributed by atoms with E-state index in [4.69, 9.17) is 9.73 Å². The zero-order chi connectivity index (χ0) is 20.6. The molecule has 1 saturated carbocycles. The molecule has 3 rings (SSSR count). The van der Waals surface area contributed by atoms with Crippen molar-refractivity contribution in [3.8, 4) is 5.75 Å². The second-order valence-corrected chi connectivity index (χ2v) is 8.35. The van der Waals surface area contributed by atoms with E-state index in [1.54, 1.807) is 7.11 Å². The van der Waals surface area contributed by atoms with Crippen LogP contribution >= 0.6 is 0 Å². The second kappa shape index (κ2) is 10.8. The number of hydrogen-bond acceptors (Lipinski definition) is 4. The van der Waals surface area contributed by atoms with Gasteiger partial charge < -0.3 is 15.4 Å². The molecule has 2 atom stereocenters.